The van der Waals surface area contributed by atoms with Crippen LogP contribution in [0.2, 0.25) is 5.02 Å². The predicted octanol–water partition coefficient (Wildman–Crippen LogP) is 4.82. The first kappa shape index (κ1) is 21.4. The number of aliphatic hydroxyl groups excluding tert-OH is 1. The van der Waals surface area contributed by atoms with Gasteiger partial charge in [0, 0.05) is 30.5 Å². The fourth-order valence-electron chi connectivity index (χ4n) is 4.60. The van der Waals surface area contributed by atoms with Crippen molar-refractivity contribution < 1.29 is 13.5 Å². The SMILES string of the molecule is O=S(=O)(c1ccc(Cl)cn1)[C@H]1CCN(c2ccc(-c3ccccc3C3CC3)cc2CO)C1. The Morgan fingerprint density at radius 3 is 2.59 bits per heavy atom. The molecule has 5 rings (SSSR count). The van der Waals surface area contributed by atoms with Crippen molar-refractivity contribution in [3.05, 3.63) is 76.9 Å². The number of rotatable bonds is 6. The number of hydrogen-bond donors (Lipinski definition) is 1. The molecule has 1 saturated heterocycles. The topological polar surface area (TPSA) is 70.5 Å². The third-order valence-corrected chi connectivity index (χ3v) is 8.77. The minimum atomic E-state index is -3.55. The molecule has 0 amide bonds. The molecule has 0 bridgehead atoms. The van der Waals surface area contributed by atoms with Crippen LogP contribution in [0.5, 0.6) is 0 Å². The Bertz CT molecular complexity index is 1240. The lowest BCUT2D eigenvalue weighted by Gasteiger charge is -2.22. The van der Waals surface area contributed by atoms with E-state index in [1.807, 2.05) is 12.1 Å². The molecule has 2 aliphatic rings. The summed E-state index contributed by atoms with van der Waals surface area (Å²) < 4.78 is 26.1. The number of halogens is 1. The van der Waals surface area contributed by atoms with E-state index in [9.17, 15) is 13.5 Å². The molecule has 1 N–H and O–H groups in total. The minimum Gasteiger partial charge on any atom is -0.392 e. The van der Waals surface area contributed by atoms with Crippen LogP contribution in [0.4, 0.5) is 5.69 Å². The molecule has 2 heterocycles. The van der Waals surface area contributed by atoms with Gasteiger partial charge in [-0.25, -0.2) is 13.4 Å². The number of pyridine rings is 1. The molecule has 7 heteroatoms. The highest BCUT2D eigenvalue weighted by Crippen LogP contribution is 2.45. The quantitative estimate of drug-likeness (QED) is 0.561. The van der Waals surface area contributed by atoms with Gasteiger partial charge in [-0.15, -0.1) is 0 Å². The molecule has 3 aromatic rings. The van der Waals surface area contributed by atoms with Crippen molar-refractivity contribution in [3.8, 4) is 11.1 Å². The number of aliphatic hydroxyl groups is 1. The zero-order valence-electron chi connectivity index (χ0n) is 17.6. The van der Waals surface area contributed by atoms with Crippen molar-refractivity contribution in [2.75, 3.05) is 18.0 Å². The number of sulfone groups is 1. The van der Waals surface area contributed by atoms with Gasteiger partial charge in [-0.05, 0) is 66.1 Å². The molecule has 1 atom stereocenters. The Labute approximate surface area is 193 Å². The lowest BCUT2D eigenvalue weighted by Crippen LogP contribution is -2.28. The fourth-order valence-corrected chi connectivity index (χ4v) is 6.30. The predicted molar refractivity (Wildman–Crippen MR) is 127 cm³/mol. The second kappa shape index (κ2) is 8.50. The number of hydrogen-bond acceptors (Lipinski definition) is 5. The van der Waals surface area contributed by atoms with Gasteiger partial charge < -0.3 is 10.0 Å². The summed E-state index contributed by atoms with van der Waals surface area (Å²) >= 11 is 5.86. The molecule has 32 heavy (non-hydrogen) atoms. The fraction of sp³-hybridized carbons (Fsp3) is 0.320. The molecule has 166 valence electrons. The molecular weight excluding hydrogens is 444 g/mol. The number of aromatic nitrogens is 1. The van der Waals surface area contributed by atoms with Crippen molar-refractivity contribution in [2.45, 2.75) is 42.1 Å². The standard InChI is InChI=1S/C25H25ClN2O3S/c26-20-8-10-25(27-14-20)32(30,31)21-11-12-28(15-21)24-9-7-18(13-19(24)16-29)23-4-2-1-3-22(23)17-5-6-17/h1-4,7-10,13-14,17,21,29H,5-6,11-12,15-16H2/t21-/m0/s1. The molecule has 0 spiro atoms. The lowest BCUT2D eigenvalue weighted by molar-refractivity contribution is 0.282. The van der Waals surface area contributed by atoms with E-state index in [-0.39, 0.29) is 11.6 Å². The number of nitrogens with zero attached hydrogens (tertiary/aromatic N) is 2. The zero-order valence-corrected chi connectivity index (χ0v) is 19.2. The van der Waals surface area contributed by atoms with E-state index in [1.165, 1.54) is 36.2 Å². The second-order valence-corrected chi connectivity index (χ2v) is 11.2. The zero-order chi connectivity index (χ0) is 22.3. The Hall–Kier alpha value is -2.41. The van der Waals surface area contributed by atoms with Crippen LogP contribution in [0, 0.1) is 0 Å². The molecule has 1 saturated carbocycles. The Morgan fingerprint density at radius 1 is 1.06 bits per heavy atom. The summed E-state index contributed by atoms with van der Waals surface area (Å²) in [6.07, 6.45) is 4.34. The van der Waals surface area contributed by atoms with Crippen LogP contribution in [-0.4, -0.2) is 36.8 Å². The summed E-state index contributed by atoms with van der Waals surface area (Å²) in [5.74, 6) is 0.634. The van der Waals surface area contributed by atoms with Crippen LogP contribution < -0.4 is 4.90 Å². The molecule has 1 aliphatic heterocycles. The van der Waals surface area contributed by atoms with Crippen LogP contribution in [0.25, 0.3) is 11.1 Å². The smallest absolute Gasteiger partial charge is 0.200 e. The van der Waals surface area contributed by atoms with Crippen LogP contribution in [0.15, 0.2) is 65.8 Å². The highest BCUT2D eigenvalue weighted by atomic mass is 35.5. The first-order valence-corrected chi connectivity index (χ1v) is 12.8. The lowest BCUT2D eigenvalue weighted by atomic mass is 9.95. The Balaban J connectivity index is 1.41. The van der Waals surface area contributed by atoms with Crippen molar-refractivity contribution in [2.24, 2.45) is 0 Å². The maximum absolute atomic E-state index is 13.0. The average Bonchev–Trinajstić information content (AvgIpc) is 3.54. The maximum atomic E-state index is 13.0. The first-order chi connectivity index (χ1) is 15.5. The summed E-state index contributed by atoms with van der Waals surface area (Å²) in [7, 11) is -3.55. The van der Waals surface area contributed by atoms with Gasteiger partial charge in [-0.3, -0.25) is 0 Å². The van der Waals surface area contributed by atoms with Gasteiger partial charge in [-0.2, -0.15) is 0 Å². The van der Waals surface area contributed by atoms with E-state index in [0.717, 1.165) is 16.8 Å². The minimum absolute atomic E-state index is 0.0585. The molecule has 5 nitrogen and oxygen atoms in total. The van der Waals surface area contributed by atoms with Gasteiger partial charge >= 0.3 is 0 Å². The van der Waals surface area contributed by atoms with Crippen molar-refractivity contribution in [1.82, 2.24) is 4.98 Å². The monoisotopic (exact) mass is 468 g/mol. The summed E-state index contributed by atoms with van der Waals surface area (Å²) in [6.45, 7) is 0.890. The molecule has 2 aromatic carbocycles. The molecular formula is C25H25ClN2O3S. The number of anilines is 1. The molecule has 1 aliphatic carbocycles. The normalized spacial score (nSPS) is 18.8. The van der Waals surface area contributed by atoms with E-state index < -0.39 is 15.1 Å². The summed E-state index contributed by atoms with van der Waals surface area (Å²) in [5, 5.41) is 10.0. The van der Waals surface area contributed by atoms with Crippen molar-refractivity contribution >= 4 is 27.1 Å². The third kappa shape index (κ3) is 4.03. The molecule has 0 radical (unpaired) electrons. The summed E-state index contributed by atoms with van der Waals surface area (Å²) in [5.41, 5.74) is 5.38. The molecule has 0 unspecified atom stereocenters. The summed E-state index contributed by atoms with van der Waals surface area (Å²) in [6, 6.07) is 17.6. The highest BCUT2D eigenvalue weighted by molar-refractivity contribution is 7.92. The molecule has 2 fully saturated rings. The summed E-state index contributed by atoms with van der Waals surface area (Å²) in [4.78, 5) is 6.08. The highest BCUT2D eigenvalue weighted by Gasteiger charge is 2.36. The Morgan fingerprint density at radius 2 is 1.88 bits per heavy atom. The van der Waals surface area contributed by atoms with Crippen molar-refractivity contribution in [1.29, 1.82) is 0 Å². The first-order valence-electron chi connectivity index (χ1n) is 10.9. The van der Waals surface area contributed by atoms with Crippen LogP contribution in [0.3, 0.4) is 0 Å². The van der Waals surface area contributed by atoms with Gasteiger partial charge in [0.1, 0.15) is 0 Å². The van der Waals surface area contributed by atoms with E-state index in [0.29, 0.717) is 30.5 Å². The third-order valence-electron chi connectivity index (χ3n) is 6.46. The van der Waals surface area contributed by atoms with Crippen LogP contribution in [-0.2, 0) is 16.4 Å². The van der Waals surface area contributed by atoms with Gasteiger partial charge in [0.05, 0.1) is 16.9 Å². The average molecular weight is 469 g/mol. The van der Waals surface area contributed by atoms with Gasteiger partial charge in [0.2, 0.25) is 0 Å². The van der Waals surface area contributed by atoms with E-state index in [2.05, 4.69) is 40.2 Å². The van der Waals surface area contributed by atoms with Crippen molar-refractivity contribution in [3.63, 3.8) is 0 Å². The van der Waals surface area contributed by atoms with Gasteiger partial charge in [0.15, 0.2) is 14.9 Å². The Kier molecular flexibility index (Phi) is 5.70. The van der Waals surface area contributed by atoms with Crippen LogP contribution >= 0.6 is 11.6 Å². The largest absolute Gasteiger partial charge is 0.392 e. The van der Waals surface area contributed by atoms with E-state index in [1.54, 1.807) is 6.07 Å². The van der Waals surface area contributed by atoms with Gasteiger partial charge in [-0.1, -0.05) is 41.9 Å². The number of benzene rings is 2. The van der Waals surface area contributed by atoms with Gasteiger partial charge in [0.25, 0.3) is 0 Å². The molecule has 1 aromatic heterocycles. The second-order valence-electron chi connectivity index (χ2n) is 8.58. The van der Waals surface area contributed by atoms with Crippen LogP contribution in [0.1, 0.15) is 36.3 Å². The maximum Gasteiger partial charge on any atom is 0.200 e. The van der Waals surface area contributed by atoms with E-state index >= 15 is 0 Å². The van der Waals surface area contributed by atoms with E-state index in [4.69, 9.17) is 11.6 Å².